The molecule has 10 heteroatoms. The molecule has 0 aliphatic carbocycles. The molecular weight excluding hydrogens is 554 g/mol. The van der Waals surface area contributed by atoms with E-state index < -0.39 is 28.5 Å². The molecule has 0 radical (unpaired) electrons. The number of nitrogens with one attached hydrogen (secondary N) is 1. The fraction of sp³-hybridized carbons (Fsp3) is 0.375. The Hall–Kier alpha value is -4.05. The number of aryl methyl sites for hydroxylation is 1. The molecule has 226 valence electrons. The van der Waals surface area contributed by atoms with E-state index in [1.165, 1.54) is 37.3 Å². The van der Waals surface area contributed by atoms with E-state index >= 15 is 0 Å². The third kappa shape index (κ3) is 8.03. The number of carbonyl (C=O) groups excluding carboxylic acids is 2. The van der Waals surface area contributed by atoms with Crippen molar-refractivity contribution in [3.63, 3.8) is 0 Å². The van der Waals surface area contributed by atoms with Gasteiger partial charge in [0.1, 0.15) is 24.1 Å². The van der Waals surface area contributed by atoms with Crippen LogP contribution in [0.3, 0.4) is 0 Å². The molecule has 1 atom stereocenters. The predicted octanol–water partition coefficient (Wildman–Crippen LogP) is 4.93. The minimum atomic E-state index is -4.25. The minimum absolute atomic E-state index is 0.0183. The Kier molecular flexibility index (Phi) is 11.8. The largest absolute Gasteiger partial charge is 0.497 e. The van der Waals surface area contributed by atoms with Crippen LogP contribution in [0.25, 0.3) is 0 Å². The molecule has 2 amide bonds. The fourth-order valence-electron chi connectivity index (χ4n) is 4.55. The summed E-state index contributed by atoms with van der Waals surface area (Å²) in [4.78, 5) is 29.0. The molecule has 3 aromatic rings. The van der Waals surface area contributed by atoms with Crippen LogP contribution in [0.2, 0.25) is 0 Å². The lowest BCUT2D eigenvalue weighted by molar-refractivity contribution is -0.140. The van der Waals surface area contributed by atoms with E-state index in [1.807, 2.05) is 51.1 Å². The minimum Gasteiger partial charge on any atom is -0.497 e. The zero-order valence-corrected chi connectivity index (χ0v) is 25.8. The predicted molar refractivity (Wildman–Crippen MR) is 164 cm³/mol. The van der Waals surface area contributed by atoms with E-state index in [0.29, 0.717) is 18.7 Å². The highest BCUT2D eigenvalue weighted by Crippen LogP contribution is 2.36. The number of hydrogen-bond donors (Lipinski definition) is 1. The van der Waals surface area contributed by atoms with E-state index in [0.717, 1.165) is 28.3 Å². The molecule has 0 heterocycles. The molecule has 0 unspecified atom stereocenters. The lowest BCUT2D eigenvalue weighted by Gasteiger charge is -2.33. The van der Waals surface area contributed by atoms with Crippen LogP contribution < -0.4 is 19.1 Å². The van der Waals surface area contributed by atoms with Crippen LogP contribution in [-0.2, 0) is 26.2 Å². The summed E-state index contributed by atoms with van der Waals surface area (Å²) >= 11 is 0. The second-order valence-corrected chi connectivity index (χ2v) is 11.8. The summed E-state index contributed by atoms with van der Waals surface area (Å²) in [5.41, 5.74) is 1.85. The van der Waals surface area contributed by atoms with Gasteiger partial charge in [-0.3, -0.25) is 13.9 Å². The summed E-state index contributed by atoms with van der Waals surface area (Å²) in [6.45, 7) is 5.79. The van der Waals surface area contributed by atoms with Crippen molar-refractivity contribution in [2.24, 2.45) is 0 Å². The first-order valence-electron chi connectivity index (χ1n) is 14.1. The Morgan fingerprint density at radius 3 is 2.21 bits per heavy atom. The zero-order valence-electron chi connectivity index (χ0n) is 25.0. The van der Waals surface area contributed by atoms with Gasteiger partial charge >= 0.3 is 0 Å². The molecule has 0 aliphatic rings. The van der Waals surface area contributed by atoms with Gasteiger partial charge in [0.05, 0.1) is 24.8 Å². The first kappa shape index (κ1) is 32.5. The molecule has 0 spiro atoms. The Bertz CT molecular complexity index is 1430. The number of nitrogens with zero attached hydrogens (tertiary/aromatic N) is 2. The highest BCUT2D eigenvalue weighted by Gasteiger charge is 2.35. The molecule has 0 saturated carbocycles. The molecule has 0 bridgehead atoms. The first-order valence-corrected chi connectivity index (χ1v) is 15.5. The Morgan fingerprint density at radius 1 is 0.929 bits per heavy atom. The van der Waals surface area contributed by atoms with Crippen LogP contribution >= 0.6 is 0 Å². The summed E-state index contributed by atoms with van der Waals surface area (Å²) in [7, 11) is -1.35. The van der Waals surface area contributed by atoms with Crippen molar-refractivity contribution < 1.29 is 27.5 Å². The van der Waals surface area contributed by atoms with E-state index in [9.17, 15) is 18.0 Å². The van der Waals surface area contributed by atoms with Gasteiger partial charge in [-0.25, -0.2) is 8.42 Å². The van der Waals surface area contributed by atoms with Gasteiger partial charge in [0.15, 0.2) is 0 Å². The third-order valence-corrected chi connectivity index (χ3v) is 8.73. The standard InChI is InChI=1S/C32H41N3O6S/c1-6-8-20-33-32(37)28(7-2)34(22-25-12-10-9-11-13-25)31(36)23-35(29-21-26(40-4)16-19-30(29)41-5)42(38,39)27-17-14-24(3)15-18-27/h9-19,21,28H,6-8,20,22-23H2,1-5H3,(H,33,37)/t28-/m0/s1. The highest BCUT2D eigenvalue weighted by molar-refractivity contribution is 7.92. The molecule has 42 heavy (non-hydrogen) atoms. The summed E-state index contributed by atoms with van der Waals surface area (Å²) in [5.74, 6) is -0.164. The Morgan fingerprint density at radius 2 is 1.62 bits per heavy atom. The van der Waals surface area contributed by atoms with Gasteiger partial charge in [-0.2, -0.15) is 0 Å². The number of carbonyl (C=O) groups is 2. The first-order chi connectivity index (χ1) is 20.2. The van der Waals surface area contributed by atoms with Crippen LogP contribution in [0.15, 0.2) is 77.7 Å². The van der Waals surface area contributed by atoms with Gasteiger partial charge in [0.2, 0.25) is 11.8 Å². The fourth-order valence-corrected chi connectivity index (χ4v) is 5.96. The van der Waals surface area contributed by atoms with Crippen molar-refractivity contribution in [1.29, 1.82) is 0 Å². The maximum absolute atomic E-state index is 14.2. The topological polar surface area (TPSA) is 105 Å². The number of methoxy groups -OCH3 is 2. The van der Waals surface area contributed by atoms with Crippen LogP contribution in [0, 0.1) is 6.92 Å². The number of unbranched alkanes of at least 4 members (excludes halogenated alkanes) is 1. The van der Waals surface area contributed by atoms with Gasteiger partial charge in [-0.15, -0.1) is 0 Å². The maximum Gasteiger partial charge on any atom is 0.264 e. The van der Waals surface area contributed by atoms with E-state index in [4.69, 9.17) is 9.47 Å². The average molecular weight is 596 g/mol. The van der Waals surface area contributed by atoms with Crippen molar-refractivity contribution in [2.45, 2.75) is 57.5 Å². The quantitative estimate of drug-likeness (QED) is 0.250. The van der Waals surface area contributed by atoms with Crippen molar-refractivity contribution in [3.8, 4) is 11.5 Å². The number of anilines is 1. The second-order valence-electron chi connectivity index (χ2n) is 9.94. The number of sulfonamides is 1. The van der Waals surface area contributed by atoms with Crippen LogP contribution in [0.5, 0.6) is 11.5 Å². The van der Waals surface area contributed by atoms with Crippen LogP contribution in [0.4, 0.5) is 5.69 Å². The average Bonchev–Trinajstić information content (AvgIpc) is 3.00. The van der Waals surface area contributed by atoms with Crippen molar-refractivity contribution in [1.82, 2.24) is 10.2 Å². The van der Waals surface area contributed by atoms with Gasteiger partial charge in [-0.1, -0.05) is 68.3 Å². The van der Waals surface area contributed by atoms with Gasteiger partial charge in [-0.05, 0) is 49.6 Å². The lowest BCUT2D eigenvalue weighted by atomic mass is 10.1. The number of amides is 2. The monoisotopic (exact) mass is 595 g/mol. The van der Waals surface area contributed by atoms with Gasteiger partial charge in [0, 0.05) is 19.2 Å². The summed E-state index contributed by atoms with van der Waals surface area (Å²) in [6.07, 6.45) is 2.08. The smallest absolute Gasteiger partial charge is 0.264 e. The summed E-state index contributed by atoms with van der Waals surface area (Å²) < 4.78 is 40.2. The van der Waals surface area contributed by atoms with Crippen LogP contribution in [0.1, 0.15) is 44.2 Å². The third-order valence-electron chi connectivity index (χ3n) is 6.95. The molecule has 1 N–H and O–H groups in total. The SMILES string of the molecule is CCCCNC(=O)[C@H](CC)N(Cc1ccccc1)C(=O)CN(c1cc(OC)ccc1OC)S(=O)(=O)c1ccc(C)cc1. The lowest BCUT2D eigenvalue weighted by Crippen LogP contribution is -2.52. The normalized spacial score (nSPS) is 11.8. The Balaban J connectivity index is 2.11. The van der Waals surface area contributed by atoms with Crippen LogP contribution in [-0.4, -0.2) is 58.5 Å². The highest BCUT2D eigenvalue weighted by atomic mass is 32.2. The van der Waals surface area contributed by atoms with Gasteiger partial charge < -0.3 is 19.7 Å². The number of rotatable bonds is 15. The summed E-state index contributed by atoms with van der Waals surface area (Å²) in [5, 5.41) is 2.93. The summed E-state index contributed by atoms with van der Waals surface area (Å²) in [6, 6.07) is 19.7. The molecule has 0 aliphatic heterocycles. The molecule has 0 saturated heterocycles. The molecule has 0 aromatic heterocycles. The molecule has 9 nitrogen and oxygen atoms in total. The number of ether oxygens (including phenoxy) is 2. The number of hydrogen-bond acceptors (Lipinski definition) is 6. The Labute approximate surface area is 249 Å². The van der Waals surface area contributed by atoms with Crippen molar-refractivity contribution >= 4 is 27.5 Å². The molecular formula is C32H41N3O6S. The van der Waals surface area contributed by atoms with Crippen molar-refractivity contribution in [3.05, 3.63) is 83.9 Å². The maximum atomic E-state index is 14.2. The molecule has 3 aromatic carbocycles. The molecule has 3 rings (SSSR count). The van der Waals surface area contributed by atoms with E-state index in [-0.39, 0.29) is 28.8 Å². The van der Waals surface area contributed by atoms with E-state index in [2.05, 4.69) is 5.32 Å². The second kappa shape index (κ2) is 15.3. The zero-order chi connectivity index (χ0) is 30.7. The molecule has 0 fully saturated rings. The number of benzene rings is 3. The van der Waals surface area contributed by atoms with Gasteiger partial charge in [0.25, 0.3) is 10.0 Å². The van der Waals surface area contributed by atoms with E-state index in [1.54, 1.807) is 24.3 Å². The van der Waals surface area contributed by atoms with Crippen molar-refractivity contribution in [2.75, 3.05) is 31.6 Å².